The van der Waals surface area contributed by atoms with Crippen molar-refractivity contribution in [1.29, 1.82) is 0 Å². The van der Waals surface area contributed by atoms with Crippen LogP contribution in [0.15, 0.2) is 12.4 Å². The molecule has 1 aromatic heterocycles. The van der Waals surface area contributed by atoms with Gasteiger partial charge in [-0.25, -0.2) is 0 Å². The van der Waals surface area contributed by atoms with Crippen molar-refractivity contribution in [3.63, 3.8) is 0 Å². The molecule has 1 aliphatic rings. The van der Waals surface area contributed by atoms with E-state index >= 15 is 0 Å². The highest BCUT2D eigenvalue weighted by Crippen LogP contribution is 2.21. The lowest BCUT2D eigenvalue weighted by atomic mass is 10.2. The summed E-state index contributed by atoms with van der Waals surface area (Å²) in [5.74, 6) is 0.136. The van der Waals surface area contributed by atoms with Crippen LogP contribution in [-0.2, 0) is 11.3 Å². The summed E-state index contributed by atoms with van der Waals surface area (Å²) in [7, 11) is 1.82. The van der Waals surface area contributed by atoms with Gasteiger partial charge in [0.2, 0.25) is 5.91 Å². The first kappa shape index (κ1) is 9.21. The molecule has 1 amide bonds. The molecule has 1 fully saturated rings. The predicted octanol–water partition coefficient (Wildman–Crippen LogP) is -0.255. The van der Waals surface area contributed by atoms with Crippen molar-refractivity contribution in [2.75, 3.05) is 13.6 Å². The van der Waals surface area contributed by atoms with Crippen LogP contribution in [0.4, 0.5) is 0 Å². The molecule has 0 spiro atoms. The molecule has 76 valence electrons. The number of likely N-dealkylation sites (N-methyl/N-ethyl adjacent to an activating group) is 1. The number of aromatic nitrogens is 2. The molecule has 2 heterocycles. The van der Waals surface area contributed by atoms with Crippen LogP contribution in [0.1, 0.15) is 18.0 Å². The largest absolute Gasteiger partial charge is 0.344 e. The molecule has 0 bridgehead atoms. The number of carbonyl (C=O) groups excluding carboxylic acids is 1. The van der Waals surface area contributed by atoms with Gasteiger partial charge >= 0.3 is 0 Å². The number of hydrogen-bond donors (Lipinski definition) is 1. The quantitative estimate of drug-likeness (QED) is 0.705. The van der Waals surface area contributed by atoms with Crippen molar-refractivity contribution in [1.82, 2.24) is 14.7 Å². The highest BCUT2D eigenvalue weighted by molar-refractivity contribution is 5.82. The van der Waals surface area contributed by atoms with Crippen LogP contribution < -0.4 is 5.73 Å². The van der Waals surface area contributed by atoms with E-state index in [-0.39, 0.29) is 11.9 Å². The number of carbonyl (C=O) groups is 1. The summed E-state index contributed by atoms with van der Waals surface area (Å²) in [4.78, 5) is 13.4. The Hall–Kier alpha value is -1.36. The van der Waals surface area contributed by atoms with Crippen molar-refractivity contribution in [2.24, 2.45) is 5.73 Å². The molecule has 14 heavy (non-hydrogen) atoms. The summed E-state index contributed by atoms with van der Waals surface area (Å²) in [5, 5.41) is 4.14. The number of amides is 1. The van der Waals surface area contributed by atoms with Crippen LogP contribution >= 0.6 is 0 Å². The molecule has 1 unspecified atom stereocenters. The van der Waals surface area contributed by atoms with E-state index in [0.29, 0.717) is 6.54 Å². The summed E-state index contributed by atoms with van der Waals surface area (Å²) in [5.41, 5.74) is 6.44. The van der Waals surface area contributed by atoms with Crippen molar-refractivity contribution < 1.29 is 4.79 Å². The average molecular weight is 194 g/mol. The molecule has 0 saturated carbocycles. The Morgan fingerprint density at radius 1 is 1.71 bits per heavy atom. The van der Waals surface area contributed by atoms with E-state index < -0.39 is 0 Å². The van der Waals surface area contributed by atoms with Crippen LogP contribution in [0, 0.1) is 0 Å². The van der Waals surface area contributed by atoms with Gasteiger partial charge < -0.3 is 10.6 Å². The van der Waals surface area contributed by atoms with Gasteiger partial charge in [-0.15, -0.1) is 0 Å². The SMILES string of the molecule is CN1CCC(n2cc(CN)cn2)C1=O. The van der Waals surface area contributed by atoms with Crippen molar-refractivity contribution in [3.8, 4) is 0 Å². The third-order valence-electron chi connectivity index (χ3n) is 2.61. The molecule has 5 heteroatoms. The Bertz CT molecular complexity index is 346. The van der Waals surface area contributed by atoms with Gasteiger partial charge in [0.25, 0.3) is 0 Å². The predicted molar refractivity (Wildman–Crippen MR) is 51.4 cm³/mol. The minimum atomic E-state index is -0.125. The van der Waals surface area contributed by atoms with Crippen LogP contribution in [0.5, 0.6) is 0 Å². The molecule has 1 aliphatic heterocycles. The zero-order valence-corrected chi connectivity index (χ0v) is 8.18. The van der Waals surface area contributed by atoms with Crippen molar-refractivity contribution in [2.45, 2.75) is 19.0 Å². The zero-order valence-electron chi connectivity index (χ0n) is 8.18. The summed E-state index contributed by atoms with van der Waals surface area (Å²) in [6.07, 6.45) is 4.40. The van der Waals surface area contributed by atoms with Gasteiger partial charge in [0, 0.05) is 31.9 Å². The van der Waals surface area contributed by atoms with Gasteiger partial charge in [-0.2, -0.15) is 5.10 Å². The molecule has 1 atom stereocenters. The average Bonchev–Trinajstić information content (AvgIpc) is 2.75. The van der Waals surface area contributed by atoms with Crippen LogP contribution in [-0.4, -0.2) is 34.2 Å². The first-order valence-corrected chi connectivity index (χ1v) is 4.70. The van der Waals surface area contributed by atoms with Gasteiger partial charge in [-0.05, 0) is 6.42 Å². The van der Waals surface area contributed by atoms with Gasteiger partial charge in [0.1, 0.15) is 6.04 Å². The molecule has 5 nitrogen and oxygen atoms in total. The van der Waals surface area contributed by atoms with E-state index in [9.17, 15) is 4.79 Å². The van der Waals surface area contributed by atoms with Crippen molar-refractivity contribution >= 4 is 5.91 Å². The molecular weight excluding hydrogens is 180 g/mol. The molecule has 2 rings (SSSR count). The van der Waals surface area contributed by atoms with Gasteiger partial charge in [0.15, 0.2) is 0 Å². The summed E-state index contributed by atoms with van der Waals surface area (Å²) < 4.78 is 1.72. The number of hydrogen-bond acceptors (Lipinski definition) is 3. The Kier molecular flexibility index (Phi) is 2.25. The lowest BCUT2D eigenvalue weighted by Crippen LogP contribution is -2.24. The second-order valence-corrected chi connectivity index (χ2v) is 3.60. The Morgan fingerprint density at radius 2 is 2.50 bits per heavy atom. The van der Waals surface area contributed by atoms with E-state index in [2.05, 4.69) is 5.10 Å². The highest BCUT2D eigenvalue weighted by Gasteiger charge is 2.30. The molecule has 1 saturated heterocycles. The number of nitrogens with two attached hydrogens (primary N) is 1. The monoisotopic (exact) mass is 194 g/mol. The Labute approximate surface area is 82.5 Å². The van der Waals surface area contributed by atoms with E-state index in [1.807, 2.05) is 13.2 Å². The van der Waals surface area contributed by atoms with Crippen molar-refractivity contribution in [3.05, 3.63) is 18.0 Å². The number of rotatable bonds is 2. The Morgan fingerprint density at radius 3 is 3.00 bits per heavy atom. The topological polar surface area (TPSA) is 64.2 Å². The van der Waals surface area contributed by atoms with E-state index in [1.165, 1.54) is 0 Å². The first-order valence-electron chi connectivity index (χ1n) is 4.70. The lowest BCUT2D eigenvalue weighted by molar-refractivity contribution is -0.129. The molecule has 0 aliphatic carbocycles. The van der Waals surface area contributed by atoms with E-state index in [0.717, 1.165) is 18.5 Å². The molecular formula is C9H14N4O. The number of likely N-dealkylation sites (tertiary alicyclic amines) is 1. The second-order valence-electron chi connectivity index (χ2n) is 3.60. The maximum absolute atomic E-state index is 11.6. The fourth-order valence-corrected chi connectivity index (χ4v) is 1.70. The second kappa shape index (κ2) is 3.42. The Balaban J connectivity index is 2.19. The maximum Gasteiger partial charge on any atom is 0.247 e. The lowest BCUT2D eigenvalue weighted by Gasteiger charge is -2.10. The van der Waals surface area contributed by atoms with E-state index in [4.69, 9.17) is 5.73 Å². The van der Waals surface area contributed by atoms with Crippen LogP contribution in [0.3, 0.4) is 0 Å². The maximum atomic E-state index is 11.6. The molecule has 0 radical (unpaired) electrons. The smallest absolute Gasteiger partial charge is 0.247 e. The summed E-state index contributed by atoms with van der Waals surface area (Å²) in [6, 6.07) is -0.125. The zero-order chi connectivity index (χ0) is 10.1. The molecule has 2 N–H and O–H groups in total. The van der Waals surface area contributed by atoms with E-state index in [1.54, 1.807) is 15.8 Å². The van der Waals surface area contributed by atoms with Crippen LogP contribution in [0.25, 0.3) is 0 Å². The van der Waals surface area contributed by atoms with Gasteiger partial charge in [-0.1, -0.05) is 0 Å². The third-order valence-corrected chi connectivity index (χ3v) is 2.61. The minimum absolute atomic E-state index is 0.125. The molecule has 0 aromatic carbocycles. The summed E-state index contributed by atoms with van der Waals surface area (Å²) in [6.45, 7) is 1.28. The standard InChI is InChI=1S/C9H14N4O/c1-12-3-2-8(9(12)14)13-6-7(4-10)5-11-13/h5-6,8H,2-4,10H2,1H3. The first-order chi connectivity index (χ1) is 6.72. The van der Waals surface area contributed by atoms with Crippen LogP contribution in [0.2, 0.25) is 0 Å². The fourth-order valence-electron chi connectivity index (χ4n) is 1.70. The minimum Gasteiger partial charge on any atom is -0.344 e. The third kappa shape index (κ3) is 1.39. The fraction of sp³-hybridized carbons (Fsp3) is 0.556. The highest BCUT2D eigenvalue weighted by atomic mass is 16.2. The summed E-state index contributed by atoms with van der Waals surface area (Å²) >= 11 is 0. The molecule has 1 aromatic rings. The number of nitrogens with zero attached hydrogens (tertiary/aromatic N) is 3. The van der Waals surface area contributed by atoms with Gasteiger partial charge in [-0.3, -0.25) is 9.48 Å². The normalized spacial score (nSPS) is 22.0. The van der Waals surface area contributed by atoms with Gasteiger partial charge in [0.05, 0.1) is 6.20 Å².